The Morgan fingerprint density at radius 1 is 1.28 bits per heavy atom. The summed E-state index contributed by atoms with van der Waals surface area (Å²) >= 11 is 5.23. The van der Waals surface area contributed by atoms with Crippen molar-refractivity contribution in [2.24, 2.45) is 16.1 Å². The molecular weight excluding hydrogens is 246 g/mol. The van der Waals surface area contributed by atoms with E-state index in [9.17, 15) is 0 Å². The molecule has 0 atom stereocenters. The molecule has 3 N–H and O–H groups in total. The Kier molecular flexibility index (Phi) is 5.04. The summed E-state index contributed by atoms with van der Waals surface area (Å²) in [5, 5.41) is 14.2. The lowest BCUT2D eigenvalue weighted by atomic mass is 9.89. The van der Waals surface area contributed by atoms with Crippen LogP contribution in [0.4, 0.5) is 0 Å². The van der Waals surface area contributed by atoms with Crippen molar-refractivity contribution in [3.05, 3.63) is 0 Å². The summed E-state index contributed by atoms with van der Waals surface area (Å²) in [6, 6.07) is 0. The number of thiocarbonyl (C=S) groups is 1. The van der Waals surface area contributed by atoms with Gasteiger partial charge in [0, 0.05) is 7.05 Å². The Morgan fingerprint density at radius 2 is 1.83 bits per heavy atom. The van der Waals surface area contributed by atoms with Crippen LogP contribution in [-0.2, 0) is 0 Å². The lowest BCUT2D eigenvalue weighted by Crippen LogP contribution is -2.53. The summed E-state index contributed by atoms with van der Waals surface area (Å²) in [5.41, 5.74) is -0.529. The molecule has 1 fully saturated rings. The molecule has 6 heteroatoms. The number of hydrogen-bond donors (Lipinski definition) is 2. The number of hydrazine groups is 1. The highest BCUT2D eigenvalue weighted by atomic mass is 32.1. The first-order valence-corrected chi connectivity index (χ1v) is 6.90. The average molecular weight is 271 g/mol. The van der Waals surface area contributed by atoms with Crippen LogP contribution in [0.5, 0.6) is 0 Å². The SMILES string of the molecule is CN(N)C(=S)NC1(/N=N/C(C)(C)C)CCCCC1. The van der Waals surface area contributed by atoms with Crippen LogP contribution in [0.15, 0.2) is 10.2 Å². The number of nitrogens with two attached hydrogens (primary N) is 1. The molecule has 1 rings (SSSR count). The molecule has 0 aromatic carbocycles. The summed E-state index contributed by atoms with van der Waals surface area (Å²) in [4.78, 5) is 0. The first-order valence-electron chi connectivity index (χ1n) is 6.49. The van der Waals surface area contributed by atoms with Crippen molar-refractivity contribution in [3.8, 4) is 0 Å². The molecule has 1 aliphatic carbocycles. The second-order valence-corrected chi connectivity index (χ2v) is 6.39. The van der Waals surface area contributed by atoms with Gasteiger partial charge in [0.15, 0.2) is 10.8 Å². The molecule has 0 unspecified atom stereocenters. The molecule has 0 saturated heterocycles. The molecule has 0 heterocycles. The Balaban J connectivity index is 2.82. The average Bonchev–Trinajstić information content (AvgIpc) is 2.27. The van der Waals surface area contributed by atoms with Gasteiger partial charge in [0.25, 0.3) is 0 Å². The summed E-state index contributed by atoms with van der Waals surface area (Å²) in [6.45, 7) is 6.13. The van der Waals surface area contributed by atoms with Gasteiger partial charge in [0.05, 0.1) is 5.54 Å². The van der Waals surface area contributed by atoms with E-state index in [1.165, 1.54) is 11.4 Å². The van der Waals surface area contributed by atoms with Crippen molar-refractivity contribution in [1.82, 2.24) is 10.3 Å². The van der Waals surface area contributed by atoms with Gasteiger partial charge in [-0.1, -0.05) is 6.42 Å². The molecular formula is C12H25N5S. The molecule has 5 nitrogen and oxygen atoms in total. The minimum absolute atomic E-state index is 0.164. The predicted molar refractivity (Wildman–Crippen MR) is 78.1 cm³/mol. The molecule has 104 valence electrons. The molecule has 18 heavy (non-hydrogen) atoms. The fraction of sp³-hybridized carbons (Fsp3) is 0.917. The Labute approximate surface area is 115 Å². The quantitative estimate of drug-likeness (QED) is 0.351. The smallest absolute Gasteiger partial charge is 0.184 e. The minimum atomic E-state index is -0.365. The second kappa shape index (κ2) is 5.93. The van der Waals surface area contributed by atoms with Crippen LogP contribution in [0.2, 0.25) is 0 Å². The number of hydrogen-bond acceptors (Lipinski definition) is 4. The zero-order valence-corrected chi connectivity index (χ0v) is 12.7. The van der Waals surface area contributed by atoms with Crippen molar-refractivity contribution < 1.29 is 0 Å². The molecule has 1 aliphatic rings. The summed E-state index contributed by atoms with van der Waals surface area (Å²) in [7, 11) is 1.73. The van der Waals surface area contributed by atoms with E-state index in [2.05, 4.69) is 15.5 Å². The topological polar surface area (TPSA) is 66.0 Å². The highest BCUT2D eigenvalue weighted by molar-refractivity contribution is 7.80. The third-order valence-electron chi connectivity index (χ3n) is 2.88. The third kappa shape index (κ3) is 4.86. The van der Waals surface area contributed by atoms with Crippen LogP contribution in [0.25, 0.3) is 0 Å². The van der Waals surface area contributed by atoms with Crippen molar-refractivity contribution in [3.63, 3.8) is 0 Å². The molecule has 0 aromatic heterocycles. The maximum Gasteiger partial charge on any atom is 0.184 e. The summed E-state index contributed by atoms with van der Waals surface area (Å²) < 4.78 is 0. The van der Waals surface area contributed by atoms with Gasteiger partial charge >= 0.3 is 0 Å². The van der Waals surface area contributed by atoms with E-state index >= 15 is 0 Å². The van der Waals surface area contributed by atoms with E-state index in [0.717, 1.165) is 25.7 Å². The number of azo groups is 1. The van der Waals surface area contributed by atoms with E-state index in [-0.39, 0.29) is 11.2 Å². The lowest BCUT2D eigenvalue weighted by Gasteiger charge is -2.36. The van der Waals surface area contributed by atoms with E-state index in [0.29, 0.717) is 5.11 Å². The van der Waals surface area contributed by atoms with E-state index in [4.69, 9.17) is 18.1 Å². The van der Waals surface area contributed by atoms with Gasteiger partial charge < -0.3 is 5.32 Å². The van der Waals surface area contributed by atoms with Crippen molar-refractivity contribution >= 4 is 17.3 Å². The molecule has 0 aliphatic heterocycles. The molecule has 0 aromatic rings. The summed E-state index contributed by atoms with van der Waals surface area (Å²) in [6.07, 6.45) is 5.46. The first-order chi connectivity index (χ1) is 8.24. The number of nitrogens with zero attached hydrogens (tertiary/aromatic N) is 3. The normalized spacial score (nSPS) is 19.8. The first kappa shape index (κ1) is 15.3. The Hall–Kier alpha value is -0.750. The molecule has 0 radical (unpaired) electrons. The van der Waals surface area contributed by atoms with Gasteiger partial charge in [0.2, 0.25) is 0 Å². The highest BCUT2D eigenvalue weighted by Gasteiger charge is 2.33. The largest absolute Gasteiger partial charge is 0.336 e. The van der Waals surface area contributed by atoms with Crippen molar-refractivity contribution in [2.75, 3.05) is 7.05 Å². The Morgan fingerprint density at radius 3 is 2.28 bits per heavy atom. The van der Waals surface area contributed by atoms with Crippen LogP contribution in [0.1, 0.15) is 52.9 Å². The predicted octanol–water partition coefficient (Wildman–Crippen LogP) is 2.58. The highest BCUT2D eigenvalue weighted by Crippen LogP contribution is 2.30. The van der Waals surface area contributed by atoms with Crippen LogP contribution in [0.3, 0.4) is 0 Å². The standard InChI is InChI=1S/C12H25N5S/c1-11(2,3)15-16-12(8-6-5-7-9-12)14-10(18)17(4)13/h5-9,13H2,1-4H3,(H,14,18)/b16-15+. The van der Waals surface area contributed by atoms with Gasteiger partial charge in [-0.3, -0.25) is 5.01 Å². The van der Waals surface area contributed by atoms with Crippen molar-refractivity contribution in [1.29, 1.82) is 0 Å². The van der Waals surface area contributed by atoms with Crippen LogP contribution >= 0.6 is 12.2 Å². The van der Waals surface area contributed by atoms with E-state index in [1.54, 1.807) is 7.05 Å². The number of rotatable bonds is 2. The van der Waals surface area contributed by atoms with Crippen LogP contribution in [-0.4, -0.2) is 28.4 Å². The minimum Gasteiger partial charge on any atom is -0.336 e. The summed E-state index contributed by atoms with van der Waals surface area (Å²) in [5.74, 6) is 5.65. The maximum atomic E-state index is 5.65. The molecule has 0 bridgehead atoms. The van der Waals surface area contributed by atoms with Gasteiger partial charge in [-0.15, -0.1) is 0 Å². The maximum absolute atomic E-state index is 5.65. The van der Waals surface area contributed by atoms with Gasteiger partial charge in [-0.25, -0.2) is 5.84 Å². The van der Waals surface area contributed by atoms with Crippen molar-refractivity contribution in [2.45, 2.75) is 64.1 Å². The molecule has 1 saturated carbocycles. The van der Waals surface area contributed by atoms with Gasteiger partial charge in [-0.05, 0) is 58.7 Å². The Bertz CT molecular complexity index is 313. The fourth-order valence-electron chi connectivity index (χ4n) is 1.92. The monoisotopic (exact) mass is 271 g/mol. The third-order valence-corrected chi connectivity index (χ3v) is 3.27. The van der Waals surface area contributed by atoms with E-state index < -0.39 is 0 Å². The van der Waals surface area contributed by atoms with Crippen LogP contribution in [0, 0.1) is 0 Å². The van der Waals surface area contributed by atoms with E-state index in [1.807, 2.05) is 20.8 Å². The molecule has 0 amide bonds. The zero-order chi connectivity index (χ0) is 13.8. The van der Waals surface area contributed by atoms with Gasteiger partial charge in [0.1, 0.15) is 0 Å². The molecule has 0 spiro atoms. The fourth-order valence-corrected chi connectivity index (χ4v) is 2.11. The van der Waals surface area contributed by atoms with Gasteiger partial charge in [-0.2, -0.15) is 10.2 Å². The second-order valence-electron chi connectivity index (χ2n) is 6.00. The zero-order valence-electron chi connectivity index (χ0n) is 11.9. The lowest BCUT2D eigenvalue weighted by molar-refractivity contribution is 0.248. The number of nitrogens with one attached hydrogen (secondary N) is 1. The van der Waals surface area contributed by atoms with Crippen LogP contribution < -0.4 is 11.2 Å².